The Kier molecular flexibility index (Phi) is 4.95. The molecular weight excluding hydrogens is 420 g/mol. The molecule has 0 unspecified atom stereocenters. The van der Waals surface area contributed by atoms with E-state index in [2.05, 4.69) is 85.7 Å². The van der Waals surface area contributed by atoms with Gasteiger partial charge in [-0.15, -0.1) is 0 Å². The van der Waals surface area contributed by atoms with Gasteiger partial charge in [-0.3, -0.25) is 0 Å². The maximum absolute atomic E-state index is 9.96. The monoisotopic (exact) mass is 447 g/mol. The normalized spacial score (nSPS) is 11.8. The van der Waals surface area contributed by atoms with Crippen molar-refractivity contribution in [2.45, 2.75) is 26.6 Å². The molecule has 0 radical (unpaired) electrons. The summed E-state index contributed by atoms with van der Waals surface area (Å²) in [7, 11) is 0.679. The molecule has 0 fully saturated rings. The van der Waals surface area contributed by atoms with E-state index in [-0.39, 0.29) is 0 Å². The van der Waals surface area contributed by atoms with E-state index in [1.165, 1.54) is 5.19 Å². The maximum Gasteiger partial charge on any atom is 0.216 e. The van der Waals surface area contributed by atoms with E-state index in [1.54, 1.807) is 0 Å². The van der Waals surface area contributed by atoms with Crippen molar-refractivity contribution < 1.29 is 8.98 Å². The van der Waals surface area contributed by atoms with Crippen molar-refractivity contribution in [1.82, 2.24) is 0 Å². The van der Waals surface area contributed by atoms with Crippen LogP contribution in [0.25, 0.3) is 44.3 Å². The number of fused-ring (bicyclic) bond motifs is 3. The molecule has 0 bridgehead atoms. The summed E-state index contributed by atoms with van der Waals surface area (Å²) in [4.78, 5) is 0. The fourth-order valence-corrected chi connectivity index (χ4v) is 5.72. The van der Waals surface area contributed by atoms with Crippen LogP contribution in [0.15, 0.2) is 77.3 Å². The second-order valence-electron chi connectivity index (χ2n) is 9.77. The van der Waals surface area contributed by atoms with Gasteiger partial charge in [0.1, 0.15) is 18.7 Å². The number of aromatic nitrogens is 1. The summed E-state index contributed by atoms with van der Waals surface area (Å²) >= 11 is 0. The van der Waals surface area contributed by atoms with Crippen LogP contribution >= 0.6 is 0 Å². The van der Waals surface area contributed by atoms with E-state index in [0.717, 1.165) is 44.3 Å². The largest absolute Gasteiger partial charge is 0.454 e. The number of aryl methyl sites for hydroxylation is 2. The number of hydrogen-bond donors (Lipinski definition) is 0. The van der Waals surface area contributed by atoms with E-state index in [0.29, 0.717) is 11.1 Å². The lowest BCUT2D eigenvalue weighted by Gasteiger charge is -2.16. The Morgan fingerprint density at radius 2 is 1.61 bits per heavy atom. The highest BCUT2D eigenvalue weighted by Crippen LogP contribution is 2.39. The van der Waals surface area contributed by atoms with Crippen LogP contribution in [0.2, 0.25) is 19.6 Å². The minimum atomic E-state index is -1.36. The summed E-state index contributed by atoms with van der Waals surface area (Å²) in [6.45, 7) is 9.16. The molecule has 0 aliphatic carbocycles. The Morgan fingerprint density at radius 3 is 2.27 bits per heavy atom. The molecule has 0 spiro atoms. The molecule has 0 aliphatic heterocycles. The number of rotatable bonds is 3. The first-order valence-electron chi connectivity index (χ1n) is 11.2. The van der Waals surface area contributed by atoms with Crippen molar-refractivity contribution >= 4 is 35.2 Å². The van der Waals surface area contributed by atoms with Gasteiger partial charge in [0.15, 0.2) is 11.8 Å². The Bertz CT molecular complexity index is 1560. The lowest BCUT2D eigenvalue weighted by Crippen LogP contribution is -2.37. The number of benzene rings is 3. The Hall–Kier alpha value is -3.68. The number of hydrogen-bond acceptors (Lipinski definition) is 2. The number of nitriles is 1. The topological polar surface area (TPSA) is 40.8 Å². The number of furan rings is 1. The molecule has 3 aromatic carbocycles. The van der Waals surface area contributed by atoms with Crippen LogP contribution in [0.3, 0.4) is 0 Å². The van der Waals surface area contributed by atoms with Crippen LogP contribution in [-0.2, 0) is 7.05 Å². The van der Waals surface area contributed by atoms with Crippen LogP contribution in [0.5, 0.6) is 0 Å². The summed E-state index contributed by atoms with van der Waals surface area (Å²) in [6.07, 6.45) is 2.04. The average Bonchev–Trinajstić information content (AvgIpc) is 3.17. The van der Waals surface area contributed by atoms with Crippen LogP contribution in [-0.4, -0.2) is 8.07 Å². The van der Waals surface area contributed by atoms with Gasteiger partial charge in [-0.2, -0.15) is 5.26 Å². The van der Waals surface area contributed by atoms with Crippen LogP contribution < -0.4 is 9.75 Å². The van der Waals surface area contributed by atoms with Gasteiger partial charge in [0.25, 0.3) is 0 Å². The molecule has 0 N–H and O–H groups in total. The molecule has 5 aromatic rings. The minimum absolute atomic E-state index is 0.564. The maximum atomic E-state index is 9.96. The fraction of sp³-hybridized carbons (Fsp3) is 0.172. The molecule has 5 rings (SSSR count). The van der Waals surface area contributed by atoms with E-state index in [1.807, 2.05) is 31.4 Å². The van der Waals surface area contributed by atoms with E-state index in [4.69, 9.17) is 4.42 Å². The first-order valence-corrected chi connectivity index (χ1v) is 14.7. The molecule has 0 atom stereocenters. The van der Waals surface area contributed by atoms with E-state index < -0.39 is 8.07 Å². The molecule has 2 heterocycles. The Balaban J connectivity index is 1.77. The lowest BCUT2D eigenvalue weighted by atomic mass is 9.97. The number of pyridine rings is 1. The predicted octanol–water partition coefficient (Wildman–Crippen LogP) is 6.47. The third kappa shape index (κ3) is 3.55. The summed E-state index contributed by atoms with van der Waals surface area (Å²) in [6, 6.07) is 25.7. The molecule has 4 heteroatoms. The third-order valence-corrected chi connectivity index (χ3v) is 8.53. The number of nitrogens with zero attached hydrogens (tertiary/aromatic N) is 2. The molecule has 33 heavy (non-hydrogen) atoms. The highest BCUT2D eigenvalue weighted by molar-refractivity contribution is 6.88. The molecule has 2 aromatic heterocycles. The molecule has 0 saturated heterocycles. The molecule has 3 nitrogen and oxygen atoms in total. The van der Waals surface area contributed by atoms with Crippen LogP contribution in [0, 0.1) is 18.3 Å². The molecule has 0 amide bonds. The second-order valence-corrected chi connectivity index (χ2v) is 14.8. The highest BCUT2D eigenvalue weighted by Gasteiger charge is 2.22. The minimum Gasteiger partial charge on any atom is -0.454 e. The third-order valence-electron chi connectivity index (χ3n) is 6.46. The molecular formula is C29H27N2OSi+. The summed E-state index contributed by atoms with van der Waals surface area (Å²) in [5.74, 6) is 0. The second kappa shape index (κ2) is 7.72. The first-order chi connectivity index (χ1) is 15.8. The summed E-state index contributed by atoms with van der Waals surface area (Å²) in [5.41, 5.74) is 7.49. The summed E-state index contributed by atoms with van der Waals surface area (Å²) in [5, 5.41) is 13.4. The quantitative estimate of drug-likeness (QED) is 0.235. The van der Waals surface area contributed by atoms with Crippen LogP contribution in [0.4, 0.5) is 0 Å². The Labute approximate surface area is 195 Å². The highest BCUT2D eigenvalue weighted by atomic mass is 28.3. The van der Waals surface area contributed by atoms with Crippen molar-refractivity contribution in [1.29, 1.82) is 5.26 Å². The van der Waals surface area contributed by atoms with Gasteiger partial charge >= 0.3 is 0 Å². The molecule has 0 saturated carbocycles. The van der Waals surface area contributed by atoms with E-state index >= 15 is 0 Å². The first kappa shape index (κ1) is 21.2. The zero-order chi connectivity index (χ0) is 23.3. The van der Waals surface area contributed by atoms with Crippen molar-refractivity contribution in [3.05, 3.63) is 84.1 Å². The molecule has 162 valence electrons. The van der Waals surface area contributed by atoms with Crippen molar-refractivity contribution in [3.63, 3.8) is 0 Å². The SMILES string of the molecule is Cc1ccc2c(oc3c(C#N)cc(-c4ccc([Si](C)(C)C)cc4)cc32)c1-c1cccc[n+]1C. The van der Waals surface area contributed by atoms with E-state index in [9.17, 15) is 5.26 Å². The van der Waals surface area contributed by atoms with Crippen molar-refractivity contribution in [3.8, 4) is 28.5 Å². The van der Waals surface area contributed by atoms with Crippen molar-refractivity contribution in [2.75, 3.05) is 0 Å². The summed E-state index contributed by atoms with van der Waals surface area (Å²) < 4.78 is 8.52. The fourth-order valence-electron chi connectivity index (χ4n) is 4.55. The zero-order valence-corrected chi connectivity index (χ0v) is 20.7. The molecule has 0 aliphatic rings. The van der Waals surface area contributed by atoms with Gasteiger partial charge in [-0.1, -0.05) is 61.2 Å². The zero-order valence-electron chi connectivity index (χ0n) is 19.7. The van der Waals surface area contributed by atoms with Crippen molar-refractivity contribution in [2.24, 2.45) is 7.05 Å². The predicted molar refractivity (Wildman–Crippen MR) is 138 cm³/mol. The van der Waals surface area contributed by atoms with Gasteiger partial charge in [0.2, 0.25) is 5.69 Å². The standard InChI is InChI=1S/C29H27N2OSi/c1-19-9-14-24-25-17-21(20-10-12-23(13-11-20)33(3,4)5)16-22(18-30)28(25)32-29(24)27(19)26-8-6-7-15-31(26)2/h6-17H,1-5H3/q+1. The van der Waals surface area contributed by atoms with Gasteiger partial charge < -0.3 is 4.42 Å². The van der Waals surface area contributed by atoms with Gasteiger partial charge in [0, 0.05) is 22.9 Å². The van der Waals surface area contributed by atoms with Gasteiger partial charge in [0.05, 0.1) is 19.2 Å². The smallest absolute Gasteiger partial charge is 0.216 e. The van der Waals surface area contributed by atoms with Gasteiger partial charge in [-0.25, -0.2) is 4.57 Å². The Morgan fingerprint density at radius 1 is 0.848 bits per heavy atom. The lowest BCUT2D eigenvalue weighted by molar-refractivity contribution is -0.660. The average molecular weight is 448 g/mol. The van der Waals surface area contributed by atoms with Crippen LogP contribution in [0.1, 0.15) is 11.1 Å². The van der Waals surface area contributed by atoms with Gasteiger partial charge in [-0.05, 0) is 41.8 Å².